The van der Waals surface area contributed by atoms with Gasteiger partial charge < -0.3 is 16.0 Å². The number of nitro groups is 1. The van der Waals surface area contributed by atoms with Crippen molar-refractivity contribution in [3.8, 4) is 0 Å². The number of amides is 3. The Hall–Kier alpha value is -3.43. The Balaban J connectivity index is 2.18. The summed E-state index contributed by atoms with van der Waals surface area (Å²) in [4.78, 5) is 34.6. The smallest absolute Gasteiger partial charge is 0.322 e. The van der Waals surface area contributed by atoms with E-state index in [1.54, 1.807) is 31.2 Å². The van der Waals surface area contributed by atoms with Crippen molar-refractivity contribution in [3.63, 3.8) is 0 Å². The molecule has 0 radical (unpaired) electrons. The molecular formula is C16H20N6O4. The van der Waals surface area contributed by atoms with Gasteiger partial charge in [-0.3, -0.25) is 20.0 Å². The molecule has 26 heavy (non-hydrogen) atoms. The number of anilines is 2. The summed E-state index contributed by atoms with van der Waals surface area (Å²) in [5, 5.41) is 25.4. The fourth-order valence-electron chi connectivity index (χ4n) is 2.35. The van der Waals surface area contributed by atoms with E-state index >= 15 is 0 Å². The van der Waals surface area contributed by atoms with E-state index in [1.807, 2.05) is 6.92 Å². The summed E-state index contributed by atoms with van der Waals surface area (Å²) in [5.41, 5.74) is 0.561. The van der Waals surface area contributed by atoms with Gasteiger partial charge in [-0.1, -0.05) is 19.4 Å². The molecule has 0 fully saturated rings. The number of carbonyl (C=O) groups excluding carboxylic acids is 2. The molecule has 2 rings (SSSR count). The van der Waals surface area contributed by atoms with Crippen LogP contribution in [0.15, 0.2) is 24.3 Å². The third-order valence-electron chi connectivity index (χ3n) is 3.43. The van der Waals surface area contributed by atoms with Gasteiger partial charge in [0.1, 0.15) is 5.69 Å². The number of aryl methyl sites for hydroxylation is 1. The zero-order chi connectivity index (χ0) is 19.1. The van der Waals surface area contributed by atoms with Crippen molar-refractivity contribution in [1.29, 1.82) is 0 Å². The number of aromatic nitrogens is 2. The quantitative estimate of drug-likeness (QED) is 0.443. The van der Waals surface area contributed by atoms with Crippen LogP contribution in [0, 0.1) is 10.1 Å². The molecule has 0 bridgehead atoms. The fourth-order valence-corrected chi connectivity index (χ4v) is 2.35. The van der Waals surface area contributed by atoms with Crippen LogP contribution in [0.3, 0.4) is 0 Å². The molecule has 0 aliphatic rings. The van der Waals surface area contributed by atoms with E-state index in [1.165, 1.54) is 0 Å². The number of urea groups is 1. The van der Waals surface area contributed by atoms with Gasteiger partial charge in [0.25, 0.3) is 5.91 Å². The Morgan fingerprint density at radius 2 is 1.92 bits per heavy atom. The Morgan fingerprint density at radius 1 is 1.23 bits per heavy atom. The highest BCUT2D eigenvalue weighted by Crippen LogP contribution is 2.24. The maximum Gasteiger partial charge on any atom is 0.322 e. The van der Waals surface area contributed by atoms with Crippen molar-refractivity contribution in [3.05, 3.63) is 45.8 Å². The first-order valence-electron chi connectivity index (χ1n) is 8.14. The molecule has 1 aromatic carbocycles. The molecule has 0 spiro atoms. The van der Waals surface area contributed by atoms with Crippen molar-refractivity contribution in [2.24, 2.45) is 0 Å². The summed E-state index contributed by atoms with van der Waals surface area (Å²) in [6.45, 7) is 4.14. The van der Waals surface area contributed by atoms with Gasteiger partial charge in [0.15, 0.2) is 0 Å². The summed E-state index contributed by atoms with van der Waals surface area (Å²) in [5.74, 6) is -0.703. The highest BCUT2D eigenvalue weighted by Gasteiger charge is 2.28. The van der Waals surface area contributed by atoms with E-state index in [4.69, 9.17) is 0 Å². The third kappa shape index (κ3) is 4.56. The van der Waals surface area contributed by atoms with E-state index in [2.05, 4.69) is 26.1 Å². The summed E-state index contributed by atoms with van der Waals surface area (Å²) in [6.07, 6.45) is 1.10. The van der Waals surface area contributed by atoms with E-state index in [0.29, 0.717) is 36.5 Å². The second-order valence-corrected chi connectivity index (χ2v) is 5.43. The monoisotopic (exact) mass is 360 g/mol. The fraction of sp³-hybridized carbons (Fsp3) is 0.312. The van der Waals surface area contributed by atoms with Crippen LogP contribution in [0.1, 0.15) is 36.5 Å². The average Bonchev–Trinajstić information content (AvgIpc) is 3.00. The summed E-state index contributed by atoms with van der Waals surface area (Å²) in [6, 6.07) is 6.06. The maximum atomic E-state index is 12.4. The van der Waals surface area contributed by atoms with Crippen LogP contribution in [0.25, 0.3) is 0 Å². The minimum absolute atomic E-state index is 0.277. The number of rotatable bonds is 7. The molecule has 1 heterocycles. The topological polar surface area (TPSA) is 142 Å². The molecule has 0 saturated heterocycles. The minimum Gasteiger partial charge on any atom is -0.338 e. The summed E-state index contributed by atoms with van der Waals surface area (Å²) >= 11 is 0. The second kappa shape index (κ2) is 8.60. The Bertz CT molecular complexity index is 817. The van der Waals surface area contributed by atoms with E-state index in [0.717, 1.165) is 0 Å². The van der Waals surface area contributed by atoms with Crippen molar-refractivity contribution in [2.75, 3.05) is 17.2 Å². The van der Waals surface area contributed by atoms with Crippen molar-refractivity contribution in [1.82, 2.24) is 15.5 Å². The van der Waals surface area contributed by atoms with E-state index in [-0.39, 0.29) is 17.4 Å². The third-order valence-corrected chi connectivity index (χ3v) is 3.43. The van der Waals surface area contributed by atoms with Crippen LogP contribution in [0.4, 0.5) is 21.9 Å². The molecular weight excluding hydrogens is 340 g/mol. The largest absolute Gasteiger partial charge is 0.338 e. The molecule has 1 aromatic heterocycles. The summed E-state index contributed by atoms with van der Waals surface area (Å²) < 4.78 is 0. The lowest BCUT2D eigenvalue weighted by Gasteiger charge is -2.08. The average molecular weight is 360 g/mol. The molecule has 4 N–H and O–H groups in total. The molecule has 0 saturated carbocycles. The highest BCUT2D eigenvalue weighted by atomic mass is 16.6. The maximum absolute atomic E-state index is 12.4. The zero-order valence-corrected chi connectivity index (χ0v) is 14.5. The van der Waals surface area contributed by atoms with E-state index in [9.17, 15) is 19.7 Å². The number of carbonyl (C=O) groups is 2. The van der Waals surface area contributed by atoms with Gasteiger partial charge in [-0.05, 0) is 31.5 Å². The number of H-pyrrole nitrogens is 1. The standard InChI is InChI=1S/C16H20N6O4/c1-3-6-12-14(22(25)26)13(21-20-12)15(23)18-10-7-5-8-11(9-10)19-16(24)17-4-2/h5,7-9H,3-4,6H2,1-2H3,(H,18,23)(H,20,21)(H2,17,19,24). The van der Waals surface area contributed by atoms with Gasteiger partial charge in [0, 0.05) is 17.9 Å². The van der Waals surface area contributed by atoms with Gasteiger partial charge in [0.05, 0.1) is 4.92 Å². The lowest BCUT2D eigenvalue weighted by atomic mass is 10.2. The van der Waals surface area contributed by atoms with Crippen LogP contribution < -0.4 is 16.0 Å². The van der Waals surface area contributed by atoms with Crippen LogP contribution in [-0.2, 0) is 6.42 Å². The first kappa shape index (κ1) is 18.9. The van der Waals surface area contributed by atoms with Crippen LogP contribution in [0.5, 0.6) is 0 Å². The molecule has 10 nitrogen and oxygen atoms in total. The number of aromatic amines is 1. The Labute approximate surface area is 149 Å². The number of benzene rings is 1. The molecule has 3 amide bonds. The predicted molar refractivity (Wildman–Crippen MR) is 96.3 cm³/mol. The molecule has 0 aliphatic heterocycles. The Morgan fingerprint density at radius 3 is 2.54 bits per heavy atom. The molecule has 0 unspecified atom stereocenters. The van der Waals surface area contributed by atoms with Crippen molar-refractivity contribution < 1.29 is 14.5 Å². The number of hydrogen-bond acceptors (Lipinski definition) is 5. The Kier molecular flexibility index (Phi) is 6.25. The van der Waals surface area contributed by atoms with Gasteiger partial charge in [-0.15, -0.1) is 0 Å². The number of hydrogen-bond donors (Lipinski definition) is 4. The van der Waals surface area contributed by atoms with Gasteiger partial charge in [0.2, 0.25) is 5.69 Å². The molecule has 138 valence electrons. The highest BCUT2D eigenvalue weighted by molar-refractivity contribution is 6.06. The zero-order valence-electron chi connectivity index (χ0n) is 14.5. The SMILES string of the molecule is CCCc1[nH]nc(C(=O)Nc2cccc(NC(=O)NCC)c2)c1[N+](=O)[O-]. The first-order chi connectivity index (χ1) is 12.5. The van der Waals surface area contributed by atoms with Gasteiger partial charge in [-0.2, -0.15) is 5.10 Å². The van der Waals surface area contributed by atoms with Crippen LogP contribution in [0.2, 0.25) is 0 Å². The predicted octanol–water partition coefficient (Wildman–Crippen LogP) is 2.66. The van der Waals surface area contributed by atoms with Crippen LogP contribution in [-0.4, -0.2) is 33.6 Å². The van der Waals surface area contributed by atoms with E-state index < -0.39 is 10.8 Å². The minimum atomic E-state index is -0.703. The number of nitrogens with one attached hydrogen (secondary N) is 4. The number of nitrogens with zero attached hydrogens (tertiary/aromatic N) is 2. The molecule has 10 heteroatoms. The van der Waals surface area contributed by atoms with Crippen molar-refractivity contribution in [2.45, 2.75) is 26.7 Å². The summed E-state index contributed by atoms with van der Waals surface area (Å²) in [7, 11) is 0. The lowest BCUT2D eigenvalue weighted by Crippen LogP contribution is -2.28. The normalized spacial score (nSPS) is 10.2. The van der Waals surface area contributed by atoms with Gasteiger partial charge >= 0.3 is 11.7 Å². The molecule has 2 aromatic rings. The lowest BCUT2D eigenvalue weighted by molar-refractivity contribution is -0.385. The van der Waals surface area contributed by atoms with Gasteiger partial charge in [-0.25, -0.2) is 4.79 Å². The second-order valence-electron chi connectivity index (χ2n) is 5.43. The molecule has 0 atom stereocenters. The van der Waals surface area contributed by atoms with Crippen LogP contribution >= 0.6 is 0 Å². The van der Waals surface area contributed by atoms with Crippen molar-refractivity contribution >= 4 is 29.0 Å². The molecule has 0 aliphatic carbocycles. The first-order valence-corrected chi connectivity index (χ1v) is 8.14.